The highest BCUT2D eigenvalue weighted by molar-refractivity contribution is 7.00. The highest BCUT2D eigenvalue weighted by Gasteiger charge is 2.47. The zero-order valence-electron chi connectivity index (χ0n) is 70.3. The molecule has 0 N–H and O–H groups in total. The lowest BCUT2D eigenvalue weighted by Gasteiger charge is -2.47. The van der Waals surface area contributed by atoms with Gasteiger partial charge in [0.15, 0.2) is 0 Å². The van der Waals surface area contributed by atoms with Crippen LogP contribution in [0.1, 0.15) is 120 Å². The first-order chi connectivity index (χ1) is 47.2. The number of fused-ring (bicyclic) bond motifs is 12. The maximum absolute atomic E-state index is 11.3. The van der Waals surface area contributed by atoms with Crippen molar-refractivity contribution in [2.24, 2.45) is 0 Å². The fourth-order valence-electron chi connectivity index (χ4n) is 9.98. The predicted octanol–water partition coefficient (Wildman–Crippen LogP) is 16.4. The lowest BCUT2D eigenvalue weighted by molar-refractivity contribution is 0.590. The van der Waals surface area contributed by atoms with Crippen LogP contribution in [0.3, 0.4) is 0 Å². The van der Waals surface area contributed by atoms with Gasteiger partial charge in [-0.25, -0.2) is 0 Å². The van der Waals surface area contributed by atoms with Crippen LogP contribution in [0.5, 0.6) is 0 Å². The molecule has 0 unspecified atom stereocenters. The van der Waals surface area contributed by atoms with E-state index in [1.165, 1.54) is 9.47 Å². The van der Waals surface area contributed by atoms with Crippen molar-refractivity contribution in [1.82, 2.24) is 4.57 Å². The highest BCUT2D eigenvalue weighted by Crippen LogP contribution is 2.56. The smallest absolute Gasteiger partial charge is 0.252 e. The highest BCUT2D eigenvalue weighted by atomic mass is 16.3. The van der Waals surface area contributed by atoms with E-state index in [-0.39, 0.29) is 56.3 Å². The van der Waals surface area contributed by atoms with E-state index in [1.807, 2.05) is 0 Å². The van der Waals surface area contributed by atoms with Crippen molar-refractivity contribution in [3.63, 3.8) is 0 Å². The largest absolute Gasteiger partial charge is 0.456 e. The van der Waals surface area contributed by atoms with Crippen LogP contribution in [0.4, 0.5) is 51.2 Å². The van der Waals surface area contributed by atoms with E-state index in [0.29, 0.717) is 4.90 Å². The van der Waals surface area contributed by atoms with E-state index < -0.39 is 282 Å². The number of aromatic nitrogens is 1. The maximum atomic E-state index is 11.3. The summed E-state index contributed by atoms with van der Waals surface area (Å²) >= 11 is 0. The van der Waals surface area contributed by atoms with Crippen molar-refractivity contribution in [2.75, 3.05) is 14.7 Å². The van der Waals surface area contributed by atoms with Crippen molar-refractivity contribution in [2.45, 2.75) is 78.6 Å². The van der Waals surface area contributed by atoms with Gasteiger partial charge in [0.05, 0.1) is 86.0 Å². The summed E-state index contributed by atoms with van der Waals surface area (Å²) < 4.78 is 302. The number of rotatable bonds is 4. The fraction of sp³-hybridized carbons (Fsp3) is 0.182. The number of furan rings is 1. The van der Waals surface area contributed by atoms with Crippen LogP contribution >= 0.6 is 0 Å². The van der Waals surface area contributed by atoms with Gasteiger partial charge in [0.25, 0.3) is 6.71 Å². The molecule has 0 spiro atoms. The summed E-state index contributed by atoms with van der Waals surface area (Å²) in [5.74, 6) is 0. The molecule has 0 radical (unpaired) electrons. The Balaban J connectivity index is 1.37. The SMILES string of the molecule is [2H]c1c([2H])c([2H])c(N(c2c([2H])c([2H])c([2H])c([2H])c2[2H])c2c([2H])c3c4c(c2[2H])N2c5c(c([2H])c([2H])c([2H])c5-n5c6c([2H])c([2H])c(C(C)(C)C)c([2H])c6c6c([2H])c(C(C)(C)C)c([2H])c2c65)B4c2c([2H])c(C(C)(C)C)c([2H])c([2H])c2N3c2c([2H])c([2H])c([2H])c3oc4c([2H])c([2H])c([2H])c([2H])c4c23)c([2H])c1[2H]. The minimum atomic E-state index is -2.01. The summed E-state index contributed by atoms with van der Waals surface area (Å²) in [5.41, 5.74) is -14.5. The molecule has 0 aliphatic carbocycles. The minimum Gasteiger partial charge on any atom is -0.456 e. The van der Waals surface area contributed by atoms with Gasteiger partial charge in [-0.15, -0.1) is 0 Å². The topological polar surface area (TPSA) is 27.8 Å². The summed E-state index contributed by atoms with van der Waals surface area (Å²) in [7, 11) is 0. The summed E-state index contributed by atoms with van der Waals surface area (Å²) in [6.45, 7) is 13.0. The molecule has 0 bridgehead atoms. The monoisotopic (exact) mass is 963 g/mol. The van der Waals surface area contributed by atoms with Crippen molar-refractivity contribution in [1.29, 1.82) is 0 Å². The van der Waals surface area contributed by atoms with Gasteiger partial charge in [-0.05, 0) is 140 Å². The Hall–Kier alpha value is -7.96. The van der Waals surface area contributed by atoms with E-state index >= 15 is 0 Å². The first kappa shape index (κ1) is 22.2. The third-order valence-electron chi connectivity index (χ3n) is 13.4. The Morgan fingerprint density at radius 2 is 1.03 bits per heavy atom. The van der Waals surface area contributed by atoms with Crippen LogP contribution < -0.4 is 31.1 Å². The lowest BCUT2D eigenvalue weighted by atomic mass is 9.33. The van der Waals surface area contributed by atoms with E-state index in [4.69, 9.17) is 16.8 Å². The van der Waals surface area contributed by atoms with Crippen molar-refractivity contribution >= 4 is 118 Å². The molecule has 0 saturated carbocycles. The third kappa shape index (κ3) is 6.08. The Morgan fingerprint density at radius 1 is 0.431 bits per heavy atom. The first-order valence-corrected chi connectivity index (χ1v) is 23.2. The first-order valence-electron chi connectivity index (χ1n) is 38.2. The van der Waals surface area contributed by atoms with Crippen LogP contribution in [-0.2, 0) is 16.2 Å². The Morgan fingerprint density at radius 3 is 1.74 bits per heavy atom. The van der Waals surface area contributed by atoms with E-state index in [9.17, 15) is 28.8 Å². The standard InChI is InChI=1S/C66H57BN4O/c1-64(2,3)40-30-32-51-47(34-40)48-35-42(66(7,8)9)37-57-62(48)70(51)54-27-18-25-49-63(54)71(57)56-39-45(68(43-20-12-10-13-21-43)44-22-14-11-15-23-44)38-55-61(56)67(49)50-36-41(65(4,5)6)31-33-52(50)69(55)53-26-19-29-59-60(53)46-24-16-17-28-58(46)72-59/h10-39H,1-9H3/i10D,11D,12D,13D,14D,15D,16D,17D,18D,19D,20D,21D,22D,23D,24D,25D,26D,27D,28D,29D,30D,31D,32D,33D,34D,35D,36D,37D,38D,39D. The molecule has 14 rings (SSSR count). The van der Waals surface area contributed by atoms with E-state index in [2.05, 4.69) is 0 Å². The molecule has 5 nitrogen and oxygen atoms in total. The third-order valence-corrected chi connectivity index (χ3v) is 13.4. The minimum absolute atomic E-state index is 0.0391. The van der Waals surface area contributed by atoms with Crippen LogP contribution in [0.2, 0.25) is 0 Å². The molecule has 0 fully saturated rings. The zero-order chi connectivity index (χ0) is 75.3. The summed E-state index contributed by atoms with van der Waals surface area (Å²) in [6, 6.07) is -26.6. The average Bonchev–Trinajstić information content (AvgIpc) is 0.737. The molecule has 3 aliphatic rings. The quantitative estimate of drug-likeness (QED) is 0.164. The summed E-state index contributed by atoms with van der Waals surface area (Å²) in [6.07, 6.45) is 0. The predicted molar refractivity (Wildman–Crippen MR) is 306 cm³/mol. The molecule has 0 amide bonds. The molecule has 0 saturated heterocycles. The number of para-hydroxylation sites is 4. The molecule has 5 heterocycles. The number of benzene rings is 9. The van der Waals surface area contributed by atoms with E-state index in [0.717, 1.165) is 4.90 Å². The molecule has 9 aromatic carbocycles. The second kappa shape index (κ2) is 14.8. The second-order valence-electron chi connectivity index (χ2n) is 21.1. The Labute approximate surface area is 464 Å². The molecule has 2 aromatic heterocycles. The van der Waals surface area contributed by atoms with Gasteiger partial charge in [0.1, 0.15) is 11.2 Å². The summed E-state index contributed by atoms with van der Waals surface area (Å²) in [5, 5.41) is -1.45. The van der Waals surface area contributed by atoms with Crippen LogP contribution in [-0.4, -0.2) is 11.3 Å². The van der Waals surface area contributed by atoms with Crippen molar-refractivity contribution in [3.05, 3.63) is 198 Å². The van der Waals surface area contributed by atoms with Crippen molar-refractivity contribution in [3.8, 4) is 5.69 Å². The van der Waals surface area contributed by atoms with Gasteiger partial charge in [0.2, 0.25) is 0 Å². The van der Waals surface area contributed by atoms with Crippen molar-refractivity contribution < 1.29 is 45.5 Å². The Bertz CT molecular complexity index is 5750. The maximum Gasteiger partial charge on any atom is 0.252 e. The van der Waals surface area contributed by atoms with Gasteiger partial charge in [-0.3, -0.25) is 0 Å². The molecule has 11 aromatic rings. The Kier molecular flexibility index (Phi) is 4.57. The molecular formula is C66H57BN4O. The molecule has 72 heavy (non-hydrogen) atoms. The molecule has 6 heteroatoms. The van der Waals surface area contributed by atoms with Gasteiger partial charge in [-0.2, -0.15) is 0 Å². The molecule has 350 valence electrons. The molecular weight excluding hydrogens is 876 g/mol. The van der Waals surface area contributed by atoms with Crippen LogP contribution in [0, 0.1) is 0 Å². The number of hydrogen-bond donors (Lipinski definition) is 0. The fourth-order valence-corrected chi connectivity index (χ4v) is 9.98. The van der Waals surface area contributed by atoms with Gasteiger partial charge >= 0.3 is 0 Å². The second-order valence-corrected chi connectivity index (χ2v) is 21.1. The summed E-state index contributed by atoms with van der Waals surface area (Å²) in [4.78, 5) is 2.54. The molecule has 3 aliphatic heterocycles. The normalized spacial score (nSPS) is 19.7. The average molecular weight is 963 g/mol. The number of anilines is 9. The molecule has 0 atom stereocenters. The van der Waals surface area contributed by atoms with Gasteiger partial charge in [0, 0.05) is 44.6 Å². The number of nitrogens with zero attached hydrogens (tertiary/aromatic N) is 4. The van der Waals surface area contributed by atoms with Gasteiger partial charge < -0.3 is 23.7 Å². The van der Waals surface area contributed by atoms with Crippen LogP contribution in [0.25, 0.3) is 49.4 Å². The number of hydrogen-bond acceptors (Lipinski definition) is 4. The lowest BCUT2D eigenvalue weighted by Crippen LogP contribution is -2.62. The zero-order valence-corrected chi connectivity index (χ0v) is 40.3. The van der Waals surface area contributed by atoms with Crippen LogP contribution in [0.15, 0.2) is 186 Å². The van der Waals surface area contributed by atoms with E-state index in [1.54, 1.807) is 62.3 Å². The van der Waals surface area contributed by atoms with Gasteiger partial charge in [-0.1, -0.05) is 153 Å².